The third-order valence-corrected chi connectivity index (χ3v) is 42.4. The van der Waals surface area contributed by atoms with Gasteiger partial charge in [0.2, 0.25) is 0 Å². The van der Waals surface area contributed by atoms with Gasteiger partial charge in [-0.2, -0.15) is 0 Å². The first kappa shape index (κ1) is 109. The molecule has 0 saturated carbocycles. The Labute approximate surface area is 765 Å². The number of aromatic hydroxyl groups is 5. The lowest BCUT2D eigenvalue weighted by Gasteiger charge is -2.60. The van der Waals surface area contributed by atoms with Crippen LogP contribution in [0, 0.1) is 55.4 Å². The third-order valence-electron chi connectivity index (χ3n) is 26.1. The van der Waals surface area contributed by atoms with Gasteiger partial charge in [0, 0.05) is 8.07 Å². The quantitative estimate of drug-likeness (QED) is 0.0551. The Hall–Kier alpha value is -6.16. The first-order chi connectivity index (χ1) is 55.5. The third kappa shape index (κ3) is 30.8. The lowest BCUT2D eigenvalue weighted by atomic mass is 9.75. The average molecular weight is 1760 g/mol. The van der Waals surface area contributed by atoms with Crippen LogP contribution in [0.3, 0.4) is 0 Å². The first-order valence-corrected chi connectivity index (χ1v) is 57.9. The summed E-state index contributed by atoms with van der Waals surface area (Å²) in [6.07, 6.45) is 5.55. The molecule has 0 amide bonds. The van der Waals surface area contributed by atoms with Crippen molar-refractivity contribution in [1.29, 1.82) is 0 Å². The molecule has 0 heterocycles. The summed E-state index contributed by atoms with van der Waals surface area (Å²) in [7, 11) is -3.62. The molecule has 0 bridgehead atoms. The Morgan fingerprint density at radius 3 is 0.724 bits per heavy atom. The zero-order valence-electron chi connectivity index (χ0n) is 87.4. The van der Waals surface area contributed by atoms with E-state index >= 15 is 0 Å². The lowest BCUT2D eigenvalue weighted by molar-refractivity contribution is 0.422. The molecule has 0 spiro atoms. The van der Waals surface area contributed by atoms with Crippen LogP contribution >= 0.6 is 0 Å². The Morgan fingerprint density at radius 2 is 0.472 bits per heavy atom. The van der Waals surface area contributed by atoms with Crippen molar-refractivity contribution in [1.82, 2.24) is 0 Å². The zero-order valence-corrected chi connectivity index (χ0v) is 93.6. The van der Waals surface area contributed by atoms with E-state index in [1.807, 2.05) is 27.7 Å². The summed E-state index contributed by atoms with van der Waals surface area (Å²) >= 11 is 0. The van der Waals surface area contributed by atoms with Crippen molar-refractivity contribution in [3.05, 3.63) is 232 Å². The molecular weight excluding hydrogens is 1580 g/mol. The Balaban J connectivity index is 0.000000329. The lowest BCUT2D eigenvalue weighted by Crippen LogP contribution is -2.58. The number of benzene rings is 8. The predicted molar refractivity (Wildman–Crippen MR) is 563 cm³/mol. The molecule has 0 saturated heterocycles. The maximum absolute atomic E-state index is 11.1. The molecule has 123 heavy (non-hydrogen) atoms. The zero-order chi connectivity index (χ0) is 94.9. The molecule has 8 rings (SSSR count). The fourth-order valence-corrected chi connectivity index (χ4v) is 36.4. The molecule has 0 aliphatic heterocycles. The van der Waals surface area contributed by atoms with Gasteiger partial charge in [-0.3, -0.25) is 0 Å². The minimum absolute atomic E-state index is 0.0509. The fraction of sp³-hybridized carbons (Fsp3) is 0.575. The summed E-state index contributed by atoms with van der Waals surface area (Å²) in [4.78, 5) is 0. The van der Waals surface area contributed by atoms with E-state index in [0.29, 0.717) is 43.9 Å². The number of hydrogen-bond acceptors (Lipinski definition) is 5. The number of rotatable bonds is 18. The topological polar surface area (TPSA) is 101 Å². The Bertz CT molecular complexity index is 4620. The molecule has 0 aliphatic carbocycles. The second-order valence-electron chi connectivity index (χ2n) is 49.6. The molecule has 0 unspecified atom stereocenters. The average Bonchev–Trinajstić information content (AvgIpc) is 0.723. The molecule has 8 aromatic rings. The van der Waals surface area contributed by atoms with Crippen LogP contribution < -0.4 is 15.6 Å². The molecule has 0 aromatic heterocycles. The van der Waals surface area contributed by atoms with Crippen molar-refractivity contribution in [2.45, 2.75) is 424 Å². The maximum Gasteiger partial charge on any atom is 0.123 e. The van der Waals surface area contributed by atoms with Crippen molar-refractivity contribution in [3.8, 4) is 28.7 Å². The summed E-state index contributed by atoms with van der Waals surface area (Å²) in [6, 6.07) is 48.8. The molecule has 8 aromatic carbocycles. The molecule has 684 valence electrons. The molecule has 0 fully saturated rings. The van der Waals surface area contributed by atoms with Crippen LogP contribution in [0.1, 0.15) is 345 Å². The minimum atomic E-state index is -1.79. The molecular formula is C113H182O5Si5. The van der Waals surface area contributed by atoms with Crippen LogP contribution in [-0.4, -0.2) is 70.2 Å². The molecule has 0 atom stereocenters. The Morgan fingerprint density at radius 1 is 0.244 bits per heavy atom. The molecule has 0 radical (unpaired) electrons. The van der Waals surface area contributed by atoms with E-state index in [-0.39, 0.29) is 62.4 Å². The summed E-state index contributed by atoms with van der Waals surface area (Å²) in [6.45, 7) is 99.9. The summed E-state index contributed by atoms with van der Waals surface area (Å²) in [5, 5.41) is 58.2. The predicted octanol–water partition coefficient (Wildman–Crippen LogP) is 28.4. The largest absolute Gasteiger partial charge is 0.507 e. The molecule has 0 aliphatic rings. The van der Waals surface area contributed by atoms with Crippen LogP contribution in [0.15, 0.2) is 115 Å². The monoisotopic (exact) mass is 1760 g/mol. The van der Waals surface area contributed by atoms with Gasteiger partial charge < -0.3 is 25.5 Å². The van der Waals surface area contributed by atoms with E-state index in [4.69, 9.17) is 0 Å². The van der Waals surface area contributed by atoms with Crippen LogP contribution in [0.4, 0.5) is 0 Å². The van der Waals surface area contributed by atoms with Crippen LogP contribution in [0.2, 0.25) is 65.0 Å². The SMILES string of the molecule is CC(C)(C)c1cc(CC[SiH2]c2cccc(C(C)(C)C)c2C(C)(C)C)cc(C(C)(C)C)c1O.CC(C)(C)c1cc(CC[Si](C(C)(C)C)(C(C)(C)C)C(C)(C)C)cc(C(C)(C)C)c1O.Cc1cc(CC[Si](C)(C)C)cc(C)c1O.Cc1cccc([SiH2]CCc2cc(C(C)(C)C)c(O)c(C(C)(C)C)c2)c1C.Cc1cccc([SiH2]CCc2cc(C)c(O)c(C)c2)c1C. The second-order valence-corrected chi connectivity index (χ2v) is 67.9. The van der Waals surface area contributed by atoms with E-state index in [0.717, 1.165) is 87.7 Å². The van der Waals surface area contributed by atoms with Crippen molar-refractivity contribution >= 4 is 60.3 Å². The normalized spacial score (nSPS) is 13.3. The highest BCUT2D eigenvalue weighted by Crippen LogP contribution is 2.64. The van der Waals surface area contributed by atoms with E-state index in [1.165, 1.54) is 85.9 Å². The van der Waals surface area contributed by atoms with Gasteiger partial charge in [0.25, 0.3) is 0 Å². The van der Waals surface area contributed by atoms with Crippen LogP contribution in [-0.2, 0) is 75.4 Å². The molecule has 5 nitrogen and oxygen atoms in total. The van der Waals surface area contributed by atoms with Gasteiger partial charge in [-0.15, -0.1) is 0 Å². The van der Waals surface area contributed by atoms with Crippen molar-refractivity contribution in [2.75, 3.05) is 0 Å². The number of phenolic OH excluding ortho intramolecular Hbond substituents is 5. The van der Waals surface area contributed by atoms with Crippen LogP contribution in [0.5, 0.6) is 28.7 Å². The van der Waals surface area contributed by atoms with Gasteiger partial charge in [0.1, 0.15) is 28.7 Å². The second kappa shape index (κ2) is 42.0. The fourth-order valence-electron chi connectivity index (χ4n) is 19.6. The molecule has 5 N–H and O–H groups in total. The minimum Gasteiger partial charge on any atom is -0.507 e. The van der Waals surface area contributed by atoms with E-state index in [1.54, 1.807) is 21.1 Å². The van der Waals surface area contributed by atoms with Gasteiger partial charge in [0.05, 0.1) is 36.6 Å². The highest BCUT2D eigenvalue weighted by atomic mass is 28.3. The number of aryl methyl sites for hydroxylation is 11. The van der Waals surface area contributed by atoms with Gasteiger partial charge >= 0.3 is 0 Å². The van der Waals surface area contributed by atoms with E-state index in [2.05, 4.69) is 391 Å². The molecule has 10 heteroatoms. The smallest absolute Gasteiger partial charge is 0.123 e. The van der Waals surface area contributed by atoms with Crippen molar-refractivity contribution in [2.24, 2.45) is 0 Å². The summed E-state index contributed by atoms with van der Waals surface area (Å²) in [5.74, 6) is 2.36. The van der Waals surface area contributed by atoms with Crippen LogP contribution in [0.25, 0.3) is 0 Å². The Kier molecular flexibility index (Phi) is 37.2. The first-order valence-electron chi connectivity index (χ1n) is 46.9. The van der Waals surface area contributed by atoms with Crippen molar-refractivity contribution < 1.29 is 25.5 Å². The van der Waals surface area contributed by atoms with E-state index in [9.17, 15) is 25.5 Å². The van der Waals surface area contributed by atoms with Gasteiger partial charge in [-0.05, 0) is 263 Å². The van der Waals surface area contributed by atoms with Gasteiger partial charge in [-0.25, -0.2) is 0 Å². The van der Waals surface area contributed by atoms with Gasteiger partial charge in [0.15, 0.2) is 0 Å². The van der Waals surface area contributed by atoms with E-state index < -0.39 is 25.7 Å². The highest BCUT2D eigenvalue weighted by Gasteiger charge is 2.58. The van der Waals surface area contributed by atoms with Gasteiger partial charge in [-0.1, -0.05) is 409 Å². The number of hydrogen-bond donors (Lipinski definition) is 5. The maximum atomic E-state index is 11.1. The van der Waals surface area contributed by atoms with Crippen molar-refractivity contribution in [3.63, 3.8) is 0 Å². The highest BCUT2D eigenvalue weighted by molar-refractivity contribution is 6.87. The summed E-state index contributed by atoms with van der Waals surface area (Å²) in [5.41, 5.74) is 26.1. The summed E-state index contributed by atoms with van der Waals surface area (Å²) < 4.78 is 0. The number of phenols is 5. The standard InChI is InChI=1S/C30H48OSi.C28H52OSi.C24H36OSi.C18H24OSi.C13H22OSi/c1-27(2,3)21-14-13-15-24(25(21)30(10,11)12)32-17-16-20-18-22(28(4,5)6)26(31)23(19-20)29(7,8)9;1-24(2,3)21-18-20(19-22(23(21)29)25(4,5)6)16-17-30(26(7,8)9,27(10,11)12)28(13,14)15;1-16-10-9-11-21(17(16)2)26-13-12-18-14-19(23(3,4)5)22(25)20(15-18)24(6,7)8;1-12-6-5-7-17(15(12)4)20-9-8-16-10-13(2)18(19)14(3)11-16;1-10-8-12(6-7-15(3,4)5)9-11(2)13(10)14/h13-15,18-19,31H,16-17,32H2,1-12H3;18-19,29H,16-17H2,1-15H3;9-11,14-15,25H,12-13,26H2,1-8H3;5-7,10-11,19H,8-9,20H2,1-4H3;8-9,14H,6-7H2,1-5H3.